The van der Waals surface area contributed by atoms with Gasteiger partial charge in [-0.05, 0) is 49.2 Å². The van der Waals surface area contributed by atoms with Crippen molar-refractivity contribution in [2.75, 3.05) is 25.6 Å². The number of rotatable bonds is 6. The molecule has 1 aliphatic heterocycles. The molecule has 1 fully saturated rings. The quantitative estimate of drug-likeness (QED) is 0.796. The number of methoxy groups -OCH3 is 1. The summed E-state index contributed by atoms with van der Waals surface area (Å²) in [6, 6.07) is 11.9. The van der Waals surface area contributed by atoms with Crippen LogP contribution in [0, 0.1) is 0 Å². The van der Waals surface area contributed by atoms with E-state index in [1.807, 2.05) is 41.3 Å². The van der Waals surface area contributed by atoms with Gasteiger partial charge >= 0.3 is 6.03 Å². The number of furan rings is 1. The Morgan fingerprint density at radius 1 is 1.38 bits per heavy atom. The van der Waals surface area contributed by atoms with Crippen molar-refractivity contribution in [2.24, 2.45) is 0 Å². The highest BCUT2D eigenvalue weighted by molar-refractivity contribution is 7.98. The van der Waals surface area contributed by atoms with Crippen molar-refractivity contribution in [2.45, 2.75) is 29.5 Å². The zero-order valence-corrected chi connectivity index (χ0v) is 14.6. The molecule has 128 valence electrons. The Bertz CT molecular complexity index is 643. The van der Waals surface area contributed by atoms with Gasteiger partial charge in [-0.2, -0.15) is 0 Å². The highest BCUT2D eigenvalue weighted by atomic mass is 32.2. The van der Waals surface area contributed by atoms with Crippen molar-refractivity contribution in [1.82, 2.24) is 4.90 Å². The third kappa shape index (κ3) is 4.33. The number of benzene rings is 1. The molecule has 0 radical (unpaired) electrons. The SMILES string of the molecule is COC[C@@H]1CCCN1C(=O)Nc1ccc(SCc2ccco2)cc1. The Labute approximate surface area is 146 Å². The number of carbonyl (C=O) groups is 1. The summed E-state index contributed by atoms with van der Waals surface area (Å²) in [6.45, 7) is 1.38. The lowest BCUT2D eigenvalue weighted by Crippen LogP contribution is -2.40. The summed E-state index contributed by atoms with van der Waals surface area (Å²) in [6.07, 6.45) is 3.72. The topological polar surface area (TPSA) is 54.7 Å². The Balaban J connectivity index is 1.52. The molecular formula is C18H22N2O3S. The molecule has 1 aliphatic rings. The summed E-state index contributed by atoms with van der Waals surface area (Å²) < 4.78 is 10.5. The van der Waals surface area contributed by atoms with Crippen molar-refractivity contribution in [3.63, 3.8) is 0 Å². The number of carbonyl (C=O) groups excluding carboxylic acids is 1. The van der Waals surface area contributed by atoms with Crippen molar-refractivity contribution in [3.05, 3.63) is 48.4 Å². The molecule has 0 spiro atoms. The molecule has 1 aromatic heterocycles. The highest BCUT2D eigenvalue weighted by Crippen LogP contribution is 2.25. The van der Waals surface area contributed by atoms with E-state index in [4.69, 9.17) is 9.15 Å². The standard InChI is InChI=1S/C18H22N2O3S/c1-22-12-15-4-2-10-20(15)18(21)19-14-6-8-17(9-7-14)24-13-16-5-3-11-23-16/h3,5-9,11,15H,2,4,10,12-13H2,1H3,(H,19,21)/t15-/m0/s1. The van der Waals surface area contributed by atoms with Crippen LogP contribution in [0.15, 0.2) is 52.0 Å². The first-order chi connectivity index (χ1) is 11.8. The molecule has 2 amide bonds. The molecule has 6 heteroatoms. The van der Waals surface area contributed by atoms with E-state index in [1.165, 1.54) is 0 Å². The van der Waals surface area contributed by atoms with Crippen LogP contribution >= 0.6 is 11.8 Å². The van der Waals surface area contributed by atoms with E-state index in [9.17, 15) is 4.79 Å². The molecule has 1 aromatic carbocycles. The van der Waals surface area contributed by atoms with E-state index in [2.05, 4.69) is 5.32 Å². The van der Waals surface area contributed by atoms with Crippen molar-refractivity contribution in [1.29, 1.82) is 0 Å². The van der Waals surface area contributed by atoms with E-state index in [0.29, 0.717) is 6.61 Å². The lowest BCUT2D eigenvalue weighted by atomic mass is 10.2. The fourth-order valence-electron chi connectivity index (χ4n) is 2.85. The molecule has 0 saturated carbocycles. The molecule has 5 nitrogen and oxygen atoms in total. The fraction of sp³-hybridized carbons (Fsp3) is 0.389. The molecule has 3 rings (SSSR count). The monoisotopic (exact) mass is 346 g/mol. The van der Waals surface area contributed by atoms with Gasteiger partial charge < -0.3 is 19.4 Å². The Kier molecular flexibility index (Phi) is 5.82. The number of hydrogen-bond acceptors (Lipinski definition) is 4. The molecule has 24 heavy (non-hydrogen) atoms. The second-order valence-electron chi connectivity index (χ2n) is 5.77. The number of amides is 2. The number of likely N-dealkylation sites (tertiary alicyclic amines) is 1. The summed E-state index contributed by atoms with van der Waals surface area (Å²) >= 11 is 1.70. The Morgan fingerprint density at radius 2 is 2.21 bits per heavy atom. The van der Waals surface area contributed by atoms with Gasteiger partial charge in [-0.25, -0.2) is 4.79 Å². The van der Waals surface area contributed by atoms with E-state index in [1.54, 1.807) is 25.1 Å². The summed E-state index contributed by atoms with van der Waals surface area (Å²) in [5, 5.41) is 2.97. The van der Waals surface area contributed by atoms with Gasteiger partial charge in [0.15, 0.2) is 0 Å². The zero-order chi connectivity index (χ0) is 16.8. The Morgan fingerprint density at radius 3 is 2.92 bits per heavy atom. The van der Waals surface area contributed by atoms with Crippen LogP contribution in [0.1, 0.15) is 18.6 Å². The van der Waals surface area contributed by atoms with Crippen molar-refractivity contribution in [3.8, 4) is 0 Å². The average Bonchev–Trinajstić information content (AvgIpc) is 3.26. The second kappa shape index (κ2) is 8.26. The molecule has 1 saturated heterocycles. The van der Waals surface area contributed by atoms with Crippen LogP contribution in [-0.2, 0) is 10.5 Å². The summed E-state index contributed by atoms with van der Waals surface area (Å²) in [5.74, 6) is 1.75. The predicted molar refractivity (Wildman–Crippen MR) is 95.3 cm³/mol. The van der Waals surface area contributed by atoms with Gasteiger partial charge in [0.1, 0.15) is 5.76 Å². The summed E-state index contributed by atoms with van der Waals surface area (Å²) in [5.41, 5.74) is 0.811. The smallest absolute Gasteiger partial charge is 0.322 e. The van der Waals surface area contributed by atoms with Gasteiger partial charge in [0, 0.05) is 24.2 Å². The van der Waals surface area contributed by atoms with Crippen LogP contribution in [-0.4, -0.2) is 37.2 Å². The average molecular weight is 346 g/mol. The van der Waals surface area contributed by atoms with Gasteiger partial charge in [0.2, 0.25) is 0 Å². The minimum atomic E-state index is -0.0504. The largest absolute Gasteiger partial charge is 0.468 e. The lowest BCUT2D eigenvalue weighted by molar-refractivity contribution is 0.128. The normalized spacial score (nSPS) is 17.2. The Hall–Kier alpha value is -1.92. The highest BCUT2D eigenvalue weighted by Gasteiger charge is 2.28. The van der Waals surface area contributed by atoms with Crippen LogP contribution < -0.4 is 5.32 Å². The zero-order valence-electron chi connectivity index (χ0n) is 13.7. The predicted octanol–water partition coefficient (Wildman–Crippen LogP) is 4.21. The lowest BCUT2D eigenvalue weighted by Gasteiger charge is -2.24. The molecule has 1 N–H and O–H groups in total. The first kappa shape index (κ1) is 16.9. The first-order valence-electron chi connectivity index (χ1n) is 8.08. The maximum absolute atomic E-state index is 12.4. The van der Waals surface area contributed by atoms with Crippen LogP contribution in [0.4, 0.5) is 10.5 Å². The number of anilines is 1. The van der Waals surface area contributed by atoms with Crippen LogP contribution in [0.25, 0.3) is 0 Å². The number of nitrogens with zero attached hydrogens (tertiary/aromatic N) is 1. The fourth-order valence-corrected chi connectivity index (χ4v) is 3.65. The number of thioether (sulfide) groups is 1. The van der Waals surface area contributed by atoms with Gasteiger partial charge in [-0.1, -0.05) is 0 Å². The number of hydrogen-bond donors (Lipinski definition) is 1. The molecular weight excluding hydrogens is 324 g/mol. The molecule has 0 aliphatic carbocycles. The van der Waals surface area contributed by atoms with Gasteiger partial charge in [-0.15, -0.1) is 11.8 Å². The molecule has 0 unspecified atom stereocenters. The molecule has 2 heterocycles. The minimum Gasteiger partial charge on any atom is -0.468 e. The van der Waals surface area contributed by atoms with Crippen LogP contribution in [0.5, 0.6) is 0 Å². The molecule has 1 atom stereocenters. The van der Waals surface area contributed by atoms with Gasteiger partial charge in [0.25, 0.3) is 0 Å². The van der Waals surface area contributed by atoms with E-state index in [0.717, 1.165) is 41.5 Å². The maximum atomic E-state index is 12.4. The number of urea groups is 1. The third-order valence-corrected chi connectivity index (χ3v) is 5.10. The van der Waals surface area contributed by atoms with Crippen LogP contribution in [0.3, 0.4) is 0 Å². The second-order valence-corrected chi connectivity index (χ2v) is 6.82. The first-order valence-corrected chi connectivity index (χ1v) is 9.06. The minimum absolute atomic E-state index is 0.0504. The van der Waals surface area contributed by atoms with Gasteiger partial charge in [-0.3, -0.25) is 0 Å². The summed E-state index contributed by atoms with van der Waals surface area (Å²) in [7, 11) is 1.67. The van der Waals surface area contributed by atoms with Crippen molar-refractivity contribution >= 4 is 23.5 Å². The number of ether oxygens (including phenoxy) is 1. The maximum Gasteiger partial charge on any atom is 0.322 e. The van der Waals surface area contributed by atoms with E-state index in [-0.39, 0.29) is 12.1 Å². The van der Waals surface area contributed by atoms with Crippen molar-refractivity contribution < 1.29 is 13.9 Å². The summed E-state index contributed by atoms with van der Waals surface area (Å²) in [4.78, 5) is 15.4. The van der Waals surface area contributed by atoms with E-state index < -0.39 is 0 Å². The third-order valence-electron chi connectivity index (χ3n) is 4.06. The van der Waals surface area contributed by atoms with Crippen LogP contribution in [0.2, 0.25) is 0 Å². The molecule has 2 aromatic rings. The number of nitrogens with one attached hydrogen (secondary N) is 1. The van der Waals surface area contributed by atoms with Gasteiger partial charge in [0.05, 0.1) is 24.7 Å². The molecule has 0 bridgehead atoms. The van der Waals surface area contributed by atoms with E-state index >= 15 is 0 Å².